The second-order valence-electron chi connectivity index (χ2n) is 5.12. The number of carbonyl (C=O) groups excluding carboxylic acids is 1. The minimum Gasteiger partial charge on any atom is -0.495 e. The quantitative estimate of drug-likeness (QED) is 0.768. The molecule has 0 unspecified atom stereocenters. The van der Waals surface area contributed by atoms with E-state index in [4.69, 9.17) is 25.5 Å². The maximum atomic E-state index is 12.7. The molecule has 3 aromatic rings. The fraction of sp³-hybridized carbons (Fsp3) is 0.111. The molecule has 0 bridgehead atoms. The van der Waals surface area contributed by atoms with Crippen LogP contribution in [0, 0.1) is 0 Å². The zero-order valence-electron chi connectivity index (χ0n) is 13.5. The van der Waals surface area contributed by atoms with Gasteiger partial charge in [-0.05, 0) is 12.1 Å². The van der Waals surface area contributed by atoms with Crippen molar-refractivity contribution < 1.29 is 18.7 Å². The van der Waals surface area contributed by atoms with Crippen LogP contribution in [0.15, 0.2) is 51.9 Å². The summed E-state index contributed by atoms with van der Waals surface area (Å²) in [4.78, 5) is 24.4. The smallest absolute Gasteiger partial charge is 0.343 e. The van der Waals surface area contributed by atoms with Crippen LogP contribution in [0.25, 0.3) is 10.8 Å². The number of hydrogen-bond donors (Lipinski definition) is 1. The first-order valence-electron chi connectivity index (χ1n) is 7.28. The Kier molecular flexibility index (Phi) is 4.63. The molecule has 3 rings (SSSR count). The third-order valence-corrected chi connectivity index (χ3v) is 3.98. The molecular weight excluding hydrogens is 346 g/mol. The second kappa shape index (κ2) is 6.86. The SMILES string of the molecule is COc1cc(OC)c(NC(=O)c2coc(=O)c3ccccc23)cc1Cl. The molecule has 0 aliphatic rings. The van der Waals surface area contributed by atoms with Gasteiger partial charge in [0.2, 0.25) is 0 Å². The lowest BCUT2D eigenvalue weighted by Crippen LogP contribution is -2.15. The predicted molar refractivity (Wildman–Crippen MR) is 95.0 cm³/mol. The van der Waals surface area contributed by atoms with Gasteiger partial charge >= 0.3 is 5.63 Å². The van der Waals surface area contributed by atoms with E-state index < -0.39 is 11.5 Å². The predicted octanol–water partition coefficient (Wildman–Crippen LogP) is 3.72. The number of ether oxygens (including phenoxy) is 2. The molecule has 1 heterocycles. The Bertz CT molecular complexity index is 1010. The van der Waals surface area contributed by atoms with Crippen molar-refractivity contribution >= 4 is 34.0 Å². The van der Waals surface area contributed by atoms with Crippen molar-refractivity contribution in [3.05, 3.63) is 63.7 Å². The summed E-state index contributed by atoms with van der Waals surface area (Å²) in [5.74, 6) is 0.350. The van der Waals surface area contributed by atoms with Gasteiger partial charge in [0.1, 0.15) is 17.8 Å². The van der Waals surface area contributed by atoms with Crippen LogP contribution in [0.3, 0.4) is 0 Å². The van der Waals surface area contributed by atoms with Crippen molar-refractivity contribution in [2.24, 2.45) is 0 Å². The van der Waals surface area contributed by atoms with Crippen molar-refractivity contribution in [3.63, 3.8) is 0 Å². The summed E-state index contributed by atoms with van der Waals surface area (Å²) in [5.41, 5.74) is 0.0926. The molecule has 2 aromatic carbocycles. The third kappa shape index (κ3) is 3.16. The Balaban J connectivity index is 2.03. The number of halogens is 1. The molecule has 0 aliphatic heterocycles. The minimum atomic E-state index is -0.503. The molecule has 0 radical (unpaired) electrons. The Morgan fingerprint density at radius 2 is 1.76 bits per heavy atom. The Labute approximate surface area is 147 Å². The Morgan fingerprint density at radius 1 is 1.08 bits per heavy atom. The minimum absolute atomic E-state index is 0.226. The van der Waals surface area contributed by atoms with Crippen molar-refractivity contribution in [2.75, 3.05) is 19.5 Å². The van der Waals surface area contributed by atoms with Crippen LogP contribution in [0.1, 0.15) is 10.4 Å². The average Bonchev–Trinajstić information content (AvgIpc) is 2.62. The highest BCUT2D eigenvalue weighted by Crippen LogP contribution is 2.36. The molecule has 0 aliphatic carbocycles. The fourth-order valence-electron chi connectivity index (χ4n) is 2.46. The van der Waals surface area contributed by atoms with Gasteiger partial charge in [0, 0.05) is 11.5 Å². The molecule has 1 N–H and O–H groups in total. The fourth-order valence-corrected chi connectivity index (χ4v) is 2.70. The van der Waals surface area contributed by atoms with E-state index in [0.29, 0.717) is 33.0 Å². The zero-order valence-corrected chi connectivity index (χ0v) is 14.2. The van der Waals surface area contributed by atoms with Crippen molar-refractivity contribution in [1.29, 1.82) is 0 Å². The zero-order chi connectivity index (χ0) is 18.0. The van der Waals surface area contributed by atoms with Crippen molar-refractivity contribution in [1.82, 2.24) is 0 Å². The molecule has 128 valence electrons. The molecule has 1 aromatic heterocycles. The number of anilines is 1. The normalized spacial score (nSPS) is 10.5. The highest BCUT2D eigenvalue weighted by Gasteiger charge is 2.17. The van der Waals surface area contributed by atoms with Crippen LogP contribution in [0.5, 0.6) is 11.5 Å². The van der Waals surface area contributed by atoms with Crippen molar-refractivity contribution in [2.45, 2.75) is 0 Å². The summed E-state index contributed by atoms with van der Waals surface area (Å²) in [6.07, 6.45) is 1.14. The summed E-state index contributed by atoms with van der Waals surface area (Å²) in [6.45, 7) is 0. The van der Waals surface area contributed by atoms with Crippen LogP contribution in [-0.4, -0.2) is 20.1 Å². The van der Waals surface area contributed by atoms with Gasteiger partial charge < -0.3 is 19.2 Å². The van der Waals surface area contributed by atoms with Crippen LogP contribution in [-0.2, 0) is 0 Å². The molecule has 0 fully saturated rings. The summed E-state index contributed by atoms with van der Waals surface area (Å²) in [5, 5.41) is 3.86. The highest BCUT2D eigenvalue weighted by molar-refractivity contribution is 6.32. The summed E-state index contributed by atoms with van der Waals surface area (Å²) in [7, 11) is 2.95. The lowest BCUT2D eigenvalue weighted by atomic mass is 10.1. The molecule has 0 saturated heterocycles. The molecule has 0 saturated carbocycles. The van der Waals surface area contributed by atoms with Crippen LogP contribution >= 0.6 is 11.6 Å². The number of benzene rings is 2. The first kappa shape index (κ1) is 16.9. The number of carbonyl (C=O) groups is 1. The lowest BCUT2D eigenvalue weighted by molar-refractivity contribution is 0.102. The van der Waals surface area contributed by atoms with E-state index in [1.165, 1.54) is 20.3 Å². The summed E-state index contributed by atoms with van der Waals surface area (Å²) in [6, 6.07) is 9.82. The van der Waals surface area contributed by atoms with Gasteiger partial charge in [0.05, 0.1) is 35.9 Å². The standard InChI is InChI=1S/C18H14ClNO5/c1-23-15-8-16(24-2)14(7-13(15)19)20-17(21)12-9-25-18(22)11-6-4-3-5-10(11)12/h3-9H,1-2H3,(H,20,21). The maximum absolute atomic E-state index is 12.7. The largest absolute Gasteiger partial charge is 0.495 e. The highest BCUT2D eigenvalue weighted by atomic mass is 35.5. The van der Waals surface area contributed by atoms with E-state index in [1.54, 1.807) is 30.3 Å². The maximum Gasteiger partial charge on any atom is 0.343 e. The van der Waals surface area contributed by atoms with Crippen LogP contribution in [0.4, 0.5) is 5.69 Å². The van der Waals surface area contributed by atoms with Gasteiger partial charge in [0.25, 0.3) is 5.91 Å². The molecule has 6 nitrogen and oxygen atoms in total. The van der Waals surface area contributed by atoms with E-state index in [0.717, 1.165) is 6.26 Å². The number of amides is 1. The van der Waals surface area contributed by atoms with E-state index in [9.17, 15) is 9.59 Å². The molecule has 25 heavy (non-hydrogen) atoms. The molecule has 0 atom stereocenters. The van der Waals surface area contributed by atoms with Crippen LogP contribution in [0.2, 0.25) is 5.02 Å². The second-order valence-corrected chi connectivity index (χ2v) is 5.53. The molecular formula is C18H14ClNO5. The molecule has 0 spiro atoms. The number of fused-ring (bicyclic) bond motifs is 1. The first-order chi connectivity index (χ1) is 12.0. The molecule has 1 amide bonds. The lowest BCUT2D eigenvalue weighted by Gasteiger charge is -2.13. The van der Waals surface area contributed by atoms with E-state index in [2.05, 4.69) is 5.32 Å². The van der Waals surface area contributed by atoms with Gasteiger partial charge in [0.15, 0.2) is 0 Å². The monoisotopic (exact) mass is 359 g/mol. The van der Waals surface area contributed by atoms with Gasteiger partial charge in [-0.3, -0.25) is 4.79 Å². The number of nitrogens with one attached hydrogen (secondary N) is 1. The Hall–Kier alpha value is -2.99. The number of rotatable bonds is 4. The van der Waals surface area contributed by atoms with Gasteiger partial charge in [-0.2, -0.15) is 0 Å². The van der Waals surface area contributed by atoms with E-state index in [1.807, 2.05) is 0 Å². The van der Waals surface area contributed by atoms with E-state index in [-0.39, 0.29) is 5.56 Å². The molecule has 7 heteroatoms. The van der Waals surface area contributed by atoms with E-state index >= 15 is 0 Å². The number of methoxy groups -OCH3 is 2. The summed E-state index contributed by atoms with van der Waals surface area (Å²) < 4.78 is 15.3. The third-order valence-electron chi connectivity index (χ3n) is 3.69. The number of hydrogen-bond acceptors (Lipinski definition) is 5. The first-order valence-corrected chi connectivity index (χ1v) is 7.66. The van der Waals surface area contributed by atoms with Gasteiger partial charge in [-0.1, -0.05) is 29.8 Å². The van der Waals surface area contributed by atoms with Gasteiger partial charge in [-0.15, -0.1) is 0 Å². The van der Waals surface area contributed by atoms with Crippen molar-refractivity contribution in [3.8, 4) is 11.5 Å². The summed E-state index contributed by atoms with van der Waals surface area (Å²) >= 11 is 6.11. The van der Waals surface area contributed by atoms with Gasteiger partial charge in [-0.25, -0.2) is 4.79 Å². The van der Waals surface area contributed by atoms with Crippen LogP contribution < -0.4 is 20.4 Å². The average molecular weight is 360 g/mol. The topological polar surface area (TPSA) is 77.8 Å². The Morgan fingerprint density at radius 3 is 2.44 bits per heavy atom.